The van der Waals surface area contributed by atoms with Gasteiger partial charge in [-0.2, -0.15) is 0 Å². The molecule has 0 bridgehead atoms. The van der Waals surface area contributed by atoms with Crippen molar-refractivity contribution in [2.24, 2.45) is 5.73 Å². The SMILES string of the molecule is CS(=O)(=O)c1ccccc1C(N)CCC(=O)O. The Morgan fingerprint density at radius 1 is 1.41 bits per heavy atom. The molecule has 0 aliphatic rings. The first-order valence-corrected chi connectivity index (χ1v) is 6.98. The Bertz CT molecular complexity index is 510. The van der Waals surface area contributed by atoms with E-state index in [4.69, 9.17) is 10.8 Å². The number of carboxylic acid groups (broad SMARTS) is 1. The van der Waals surface area contributed by atoms with Crippen molar-refractivity contribution >= 4 is 15.8 Å². The van der Waals surface area contributed by atoms with Crippen LogP contribution in [0.4, 0.5) is 0 Å². The Hall–Kier alpha value is -1.40. The van der Waals surface area contributed by atoms with Crippen molar-refractivity contribution in [2.45, 2.75) is 23.8 Å². The highest BCUT2D eigenvalue weighted by molar-refractivity contribution is 7.90. The molecule has 6 heteroatoms. The van der Waals surface area contributed by atoms with Gasteiger partial charge in [-0.25, -0.2) is 8.42 Å². The molecule has 1 atom stereocenters. The summed E-state index contributed by atoms with van der Waals surface area (Å²) in [4.78, 5) is 10.6. The minimum absolute atomic E-state index is 0.0841. The summed E-state index contributed by atoms with van der Waals surface area (Å²) in [5.41, 5.74) is 6.28. The smallest absolute Gasteiger partial charge is 0.303 e. The van der Waals surface area contributed by atoms with Crippen LogP contribution in [0, 0.1) is 0 Å². The normalized spacial score (nSPS) is 13.3. The molecule has 0 heterocycles. The molecule has 0 saturated carbocycles. The van der Waals surface area contributed by atoms with E-state index < -0.39 is 21.8 Å². The van der Waals surface area contributed by atoms with E-state index in [-0.39, 0.29) is 17.7 Å². The van der Waals surface area contributed by atoms with Crippen molar-refractivity contribution in [3.05, 3.63) is 29.8 Å². The van der Waals surface area contributed by atoms with Crippen LogP contribution >= 0.6 is 0 Å². The average molecular weight is 257 g/mol. The predicted molar refractivity (Wildman–Crippen MR) is 63.4 cm³/mol. The fourth-order valence-corrected chi connectivity index (χ4v) is 2.53. The zero-order valence-electron chi connectivity index (χ0n) is 9.46. The van der Waals surface area contributed by atoms with Crippen molar-refractivity contribution < 1.29 is 18.3 Å². The Kier molecular flexibility index (Phi) is 4.25. The van der Waals surface area contributed by atoms with Crippen molar-refractivity contribution in [1.29, 1.82) is 0 Å². The summed E-state index contributed by atoms with van der Waals surface area (Å²) in [5, 5.41) is 8.56. The number of benzene rings is 1. The van der Waals surface area contributed by atoms with Crippen LogP contribution in [0.5, 0.6) is 0 Å². The van der Waals surface area contributed by atoms with Crippen molar-refractivity contribution in [3.63, 3.8) is 0 Å². The molecule has 0 saturated heterocycles. The van der Waals surface area contributed by atoms with E-state index in [2.05, 4.69) is 0 Å². The van der Waals surface area contributed by atoms with Gasteiger partial charge < -0.3 is 10.8 Å². The van der Waals surface area contributed by atoms with E-state index in [0.717, 1.165) is 6.26 Å². The first-order valence-electron chi connectivity index (χ1n) is 5.08. The summed E-state index contributed by atoms with van der Waals surface area (Å²) in [7, 11) is -3.34. The van der Waals surface area contributed by atoms with Crippen LogP contribution in [-0.4, -0.2) is 25.7 Å². The van der Waals surface area contributed by atoms with Gasteiger partial charge in [-0.3, -0.25) is 4.79 Å². The quantitative estimate of drug-likeness (QED) is 0.818. The van der Waals surface area contributed by atoms with Crippen LogP contribution in [0.2, 0.25) is 0 Å². The van der Waals surface area contributed by atoms with E-state index in [1.54, 1.807) is 18.2 Å². The van der Waals surface area contributed by atoms with Gasteiger partial charge in [-0.05, 0) is 18.1 Å². The summed E-state index contributed by atoms with van der Waals surface area (Å²) in [6.45, 7) is 0. The zero-order valence-corrected chi connectivity index (χ0v) is 10.3. The van der Waals surface area contributed by atoms with E-state index >= 15 is 0 Å². The second-order valence-corrected chi connectivity index (χ2v) is 5.83. The standard InChI is InChI=1S/C11H15NO4S/c1-17(15,16)10-5-3-2-4-8(10)9(12)6-7-11(13)14/h2-5,9H,6-7,12H2,1H3,(H,13,14). The highest BCUT2D eigenvalue weighted by Gasteiger charge is 2.17. The summed E-state index contributed by atoms with van der Waals surface area (Å²) in [5.74, 6) is -0.947. The highest BCUT2D eigenvalue weighted by Crippen LogP contribution is 2.23. The number of sulfone groups is 1. The van der Waals surface area contributed by atoms with E-state index in [9.17, 15) is 13.2 Å². The number of carboxylic acids is 1. The fourth-order valence-electron chi connectivity index (χ4n) is 1.56. The van der Waals surface area contributed by atoms with Gasteiger partial charge in [0.2, 0.25) is 0 Å². The molecule has 1 rings (SSSR count). The lowest BCUT2D eigenvalue weighted by Crippen LogP contribution is -2.15. The molecule has 0 amide bonds. The number of rotatable bonds is 5. The minimum Gasteiger partial charge on any atom is -0.481 e. The first kappa shape index (κ1) is 13.7. The molecule has 17 heavy (non-hydrogen) atoms. The minimum atomic E-state index is -3.34. The molecule has 0 fully saturated rings. The summed E-state index contributed by atoms with van der Waals surface area (Å²) in [6.07, 6.45) is 1.23. The molecule has 1 aromatic carbocycles. The number of nitrogens with two attached hydrogens (primary N) is 1. The third kappa shape index (κ3) is 3.83. The topological polar surface area (TPSA) is 97.5 Å². The number of hydrogen-bond donors (Lipinski definition) is 2. The average Bonchev–Trinajstić information content (AvgIpc) is 2.24. The van der Waals surface area contributed by atoms with Gasteiger partial charge >= 0.3 is 5.97 Å². The Morgan fingerprint density at radius 2 is 2.00 bits per heavy atom. The Morgan fingerprint density at radius 3 is 2.53 bits per heavy atom. The van der Waals surface area contributed by atoms with Crippen LogP contribution in [-0.2, 0) is 14.6 Å². The molecule has 5 nitrogen and oxygen atoms in total. The lowest BCUT2D eigenvalue weighted by Gasteiger charge is -2.14. The Labute approximate surface area is 100 Å². The molecule has 94 valence electrons. The van der Waals surface area contributed by atoms with Crippen LogP contribution in [0.1, 0.15) is 24.4 Å². The Balaban J connectivity index is 3.01. The van der Waals surface area contributed by atoms with Gasteiger partial charge in [0.05, 0.1) is 4.90 Å². The third-order valence-electron chi connectivity index (χ3n) is 2.39. The molecular weight excluding hydrogens is 242 g/mol. The van der Waals surface area contributed by atoms with Gasteiger partial charge in [-0.1, -0.05) is 18.2 Å². The maximum Gasteiger partial charge on any atom is 0.303 e. The largest absolute Gasteiger partial charge is 0.481 e. The van der Waals surface area contributed by atoms with Crippen LogP contribution < -0.4 is 5.73 Å². The lowest BCUT2D eigenvalue weighted by atomic mass is 10.0. The molecule has 0 aliphatic carbocycles. The van der Waals surface area contributed by atoms with Crippen LogP contribution in [0.3, 0.4) is 0 Å². The second-order valence-electron chi connectivity index (χ2n) is 3.85. The maximum atomic E-state index is 11.5. The molecule has 0 spiro atoms. The summed E-state index contributed by atoms with van der Waals surface area (Å²) >= 11 is 0. The molecule has 3 N–H and O–H groups in total. The number of carbonyl (C=O) groups is 1. The zero-order chi connectivity index (χ0) is 13.1. The van der Waals surface area contributed by atoms with Crippen molar-refractivity contribution in [3.8, 4) is 0 Å². The van der Waals surface area contributed by atoms with Gasteiger partial charge in [0.25, 0.3) is 0 Å². The molecule has 0 radical (unpaired) electrons. The van der Waals surface area contributed by atoms with Gasteiger partial charge in [0.1, 0.15) is 0 Å². The van der Waals surface area contributed by atoms with E-state index in [1.165, 1.54) is 6.07 Å². The molecule has 1 unspecified atom stereocenters. The van der Waals surface area contributed by atoms with E-state index in [0.29, 0.717) is 5.56 Å². The molecule has 1 aromatic rings. The highest BCUT2D eigenvalue weighted by atomic mass is 32.2. The maximum absolute atomic E-state index is 11.5. The van der Waals surface area contributed by atoms with Gasteiger partial charge in [0, 0.05) is 18.7 Å². The van der Waals surface area contributed by atoms with Crippen molar-refractivity contribution in [1.82, 2.24) is 0 Å². The summed E-state index contributed by atoms with van der Waals surface area (Å²) in [6, 6.07) is 5.81. The van der Waals surface area contributed by atoms with Crippen molar-refractivity contribution in [2.75, 3.05) is 6.26 Å². The molecule has 0 aliphatic heterocycles. The second kappa shape index (κ2) is 5.29. The first-order chi connectivity index (χ1) is 7.82. The molecular formula is C11H15NO4S. The lowest BCUT2D eigenvalue weighted by molar-refractivity contribution is -0.137. The molecule has 0 aromatic heterocycles. The fraction of sp³-hybridized carbons (Fsp3) is 0.364. The monoisotopic (exact) mass is 257 g/mol. The summed E-state index contributed by atoms with van der Waals surface area (Å²) < 4.78 is 23.0. The van der Waals surface area contributed by atoms with E-state index in [1.807, 2.05) is 0 Å². The van der Waals surface area contributed by atoms with Gasteiger partial charge in [0.15, 0.2) is 9.84 Å². The third-order valence-corrected chi connectivity index (χ3v) is 3.56. The number of hydrogen-bond acceptors (Lipinski definition) is 4. The van der Waals surface area contributed by atoms with Crippen LogP contribution in [0.15, 0.2) is 29.2 Å². The number of aliphatic carboxylic acids is 1. The predicted octanol–water partition coefficient (Wildman–Crippen LogP) is 0.955. The van der Waals surface area contributed by atoms with Gasteiger partial charge in [-0.15, -0.1) is 0 Å². The van der Waals surface area contributed by atoms with Crippen LogP contribution in [0.25, 0.3) is 0 Å².